The number of rotatable bonds is 6. The summed E-state index contributed by atoms with van der Waals surface area (Å²) in [5, 5.41) is 4.71. The molecule has 8 aromatic carbocycles. The zero-order chi connectivity index (χ0) is 35.5. The standard InChI is InChI=1S/C50H36N2O/c1-33-14-6-10-20-44(33)52(38-28-29-39(34(2)32-38)35-15-4-3-5-16-35)47-31-30-40(50-49(47)43-19-9-13-23-48(43)53-50)36-24-26-37(27-25-36)51-45-21-11-7-17-41(45)42-18-8-12-22-46(42)51/h3-32H,1-2H3. The Bertz CT molecular complexity index is 2910. The lowest BCUT2D eigenvalue weighted by Crippen LogP contribution is -2.12. The predicted octanol–water partition coefficient (Wildman–Crippen LogP) is 14.1. The minimum absolute atomic E-state index is 0.874. The maximum atomic E-state index is 6.82. The van der Waals surface area contributed by atoms with Crippen LogP contribution in [0.15, 0.2) is 186 Å². The molecule has 0 N–H and O–H groups in total. The zero-order valence-electron chi connectivity index (χ0n) is 29.6. The van der Waals surface area contributed by atoms with Gasteiger partial charge in [0.05, 0.1) is 22.1 Å². The van der Waals surface area contributed by atoms with Crippen molar-refractivity contribution in [2.24, 2.45) is 0 Å². The molecule has 2 aromatic heterocycles. The van der Waals surface area contributed by atoms with E-state index >= 15 is 0 Å². The van der Waals surface area contributed by atoms with Crippen LogP contribution in [0.2, 0.25) is 0 Å². The summed E-state index contributed by atoms with van der Waals surface area (Å²) in [5.74, 6) is 0. The molecule has 0 spiro atoms. The third-order valence-corrected chi connectivity index (χ3v) is 10.7. The molecule has 2 heterocycles. The minimum Gasteiger partial charge on any atom is -0.455 e. The lowest BCUT2D eigenvalue weighted by Gasteiger charge is -2.28. The quantitative estimate of drug-likeness (QED) is 0.174. The monoisotopic (exact) mass is 680 g/mol. The molecule has 0 amide bonds. The van der Waals surface area contributed by atoms with Crippen molar-refractivity contribution in [2.45, 2.75) is 13.8 Å². The van der Waals surface area contributed by atoms with E-state index in [1.54, 1.807) is 0 Å². The first-order valence-electron chi connectivity index (χ1n) is 18.2. The van der Waals surface area contributed by atoms with Crippen molar-refractivity contribution < 1.29 is 4.42 Å². The Kier molecular flexibility index (Phi) is 7.26. The van der Waals surface area contributed by atoms with Gasteiger partial charge in [-0.2, -0.15) is 0 Å². The van der Waals surface area contributed by atoms with Crippen LogP contribution in [0, 0.1) is 13.8 Å². The summed E-state index contributed by atoms with van der Waals surface area (Å²) < 4.78 is 9.18. The van der Waals surface area contributed by atoms with Crippen LogP contribution >= 0.6 is 0 Å². The first-order valence-corrected chi connectivity index (χ1v) is 18.2. The van der Waals surface area contributed by atoms with Gasteiger partial charge in [0, 0.05) is 38.8 Å². The average Bonchev–Trinajstić information content (AvgIpc) is 3.76. The van der Waals surface area contributed by atoms with Gasteiger partial charge < -0.3 is 13.9 Å². The molecule has 0 atom stereocenters. The average molecular weight is 681 g/mol. The number of nitrogens with zero attached hydrogens (tertiary/aromatic N) is 2. The van der Waals surface area contributed by atoms with Crippen LogP contribution in [-0.4, -0.2) is 4.57 Å². The van der Waals surface area contributed by atoms with Gasteiger partial charge in [0.15, 0.2) is 0 Å². The third kappa shape index (κ3) is 5.04. The Morgan fingerprint density at radius 1 is 0.453 bits per heavy atom. The van der Waals surface area contributed by atoms with Crippen LogP contribution in [0.4, 0.5) is 17.1 Å². The second-order valence-electron chi connectivity index (χ2n) is 13.8. The van der Waals surface area contributed by atoms with Crippen LogP contribution in [0.25, 0.3) is 71.7 Å². The van der Waals surface area contributed by atoms with E-state index in [0.717, 1.165) is 55.8 Å². The lowest BCUT2D eigenvalue weighted by atomic mass is 9.97. The van der Waals surface area contributed by atoms with E-state index in [-0.39, 0.29) is 0 Å². The fraction of sp³-hybridized carbons (Fsp3) is 0.0400. The Balaban J connectivity index is 1.15. The molecule has 252 valence electrons. The highest BCUT2D eigenvalue weighted by Gasteiger charge is 2.23. The van der Waals surface area contributed by atoms with Crippen molar-refractivity contribution in [3.8, 4) is 27.9 Å². The van der Waals surface area contributed by atoms with Gasteiger partial charge >= 0.3 is 0 Å². The second kappa shape index (κ2) is 12.4. The maximum absolute atomic E-state index is 6.82. The maximum Gasteiger partial charge on any atom is 0.145 e. The van der Waals surface area contributed by atoms with Crippen LogP contribution < -0.4 is 4.90 Å². The minimum atomic E-state index is 0.874. The lowest BCUT2D eigenvalue weighted by molar-refractivity contribution is 0.670. The number of aromatic nitrogens is 1. The summed E-state index contributed by atoms with van der Waals surface area (Å²) >= 11 is 0. The summed E-state index contributed by atoms with van der Waals surface area (Å²) in [7, 11) is 0. The zero-order valence-corrected chi connectivity index (χ0v) is 29.6. The molecular formula is C50H36N2O. The number of hydrogen-bond acceptors (Lipinski definition) is 2. The largest absolute Gasteiger partial charge is 0.455 e. The summed E-state index contributed by atoms with van der Waals surface area (Å²) in [6, 6.07) is 65.2. The van der Waals surface area contributed by atoms with Crippen molar-refractivity contribution in [1.29, 1.82) is 0 Å². The number of anilines is 3. The van der Waals surface area contributed by atoms with Gasteiger partial charge in [-0.1, -0.05) is 121 Å². The molecule has 0 aliphatic rings. The van der Waals surface area contributed by atoms with Crippen molar-refractivity contribution in [1.82, 2.24) is 4.57 Å². The Hall–Kier alpha value is -6.84. The van der Waals surface area contributed by atoms with Gasteiger partial charge in [0.1, 0.15) is 11.2 Å². The fourth-order valence-electron chi connectivity index (χ4n) is 8.17. The smallest absolute Gasteiger partial charge is 0.145 e. The molecule has 0 bridgehead atoms. The van der Waals surface area contributed by atoms with E-state index < -0.39 is 0 Å². The molecule has 53 heavy (non-hydrogen) atoms. The summed E-state index contributed by atoms with van der Waals surface area (Å²) in [6.45, 7) is 4.39. The van der Waals surface area contributed by atoms with Crippen LogP contribution in [0.3, 0.4) is 0 Å². The van der Waals surface area contributed by atoms with Crippen LogP contribution in [-0.2, 0) is 0 Å². The summed E-state index contributed by atoms with van der Waals surface area (Å²) in [4.78, 5) is 2.40. The molecule has 0 fully saturated rings. The molecule has 10 aromatic rings. The fourth-order valence-corrected chi connectivity index (χ4v) is 8.17. The molecule has 0 saturated carbocycles. The van der Waals surface area contributed by atoms with Gasteiger partial charge in [-0.25, -0.2) is 0 Å². The molecule has 0 radical (unpaired) electrons. The van der Waals surface area contributed by atoms with Gasteiger partial charge in [0.2, 0.25) is 0 Å². The van der Waals surface area contributed by atoms with Crippen molar-refractivity contribution >= 4 is 60.8 Å². The van der Waals surface area contributed by atoms with Crippen LogP contribution in [0.1, 0.15) is 11.1 Å². The normalized spacial score (nSPS) is 11.6. The van der Waals surface area contributed by atoms with Crippen molar-refractivity contribution in [3.63, 3.8) is 0 Å². The van der Waals surface area contributed by atoms with Gasteiger partial charge in [0.25, 0.3) is 0 Å². The number of furan rings is 1. The molecule has 3 heteroatoms. The van der Waals surface area contributed by atoms with Gasteiger partial charge in [-0.05, 0) is 102 Å². The molecule has 0 unspecified atom stereocenters. The summed E-state index contributed by atoms with van der Waals surface area (Å²) in [5.41, 5.74) is 15.6. The Morgan fingerprint density at radius 2 is 1.06 bits per heavy atom. The number of benzene rings is 8. The van der Waals surface area contributed by atoms with Gasteiger partial charge in [-0.3, -0.25) is 0 Å². The number of hydrogen-bond donors (Lipinski definition) is 0. The third-order valence-electron chi connectivity index (χ3n) is 10.7. The summed E-state index contributed by atoms with van der Waals surface area (Å²) in [6.07, 6.45) is 0. The number of para-hydroxylation sites is 4. The SMILES string of the molecule is Cc1cc(N(c2ccccc2C)c2ccc(-c3ccc(-n4c5ccccc5c5ccccc54)cc3)c3oc4ccccc4c23)ccc1-c1ccccc1. The second-order valence-corrected chi connectivity index (χ2v) is 13.8. The molecule has 0 aliphatic carbocycles. The van der Waals surface area contributed by atoms with E-state index in [0.29, 0.717) is 0 Å². The van der Waals surface area contributed by atoms with Crippen molar-refractivity contribution in [2.75, 3.05) is 4.90 Å². The highest BCUT2D eigenvalue weighted by molar-refractivity contribution is 6.17. The predicted molar refractivity (Wildman–Crippen MR) is 223 cm³/mol. The topological polar surface area (TPSA) is 21.3 Å². The Morgan fingerprint density at radius 3 is 1.77 bits per heavy atom. The number of aryl methyl sites for hydroxylation is 2. The van der Waals surface area contributed by atoms with Crippen molar-refractivity contribution in [3.05, 3.63) is 193 Å². The first-order chi connectivity index (χ1) is 26.1. The van der Waals surface area contributed by atoms with E-state index in [1.807, 2.05) is 0 Å². The Labute approximate surface area is 308 Å². The number of fused-ring (bicyclic) bond motifs is 6. The molecule has 3 nitrogen and oxygen atoms in total. The van der Waals surface area contributed by atoms with Gasteiger partial charge in [-0.15, -0.1) is 0 Å². The molecule has 0 saturated heterocycles. The highest BCUT2D eigenvalue weighted by atomic mass is 16.3. The molecular weight excluding hydrogens is 645 g/mol. The molecule has 0 aliphatic heterocycles. The van der Waals surface area contributed by atoms with E-state index in [9.17, 15) is 0 Å². The highest BCUT2D eigenvalue weighted by Crippen LogP contribution is 2.47. The van der Waals surface area contributed by atoms with E-state index in [2.05, 4.69) is 205 Å². The van der Waals surface area contributed by atoms with E-state index in [1.165, 1.54) is 44.1 Å². The first kappa shape index (κ1) is 30.9. The van der Waals surface area contributed by atoms with E-state index in [4.69, 9.17) is 4.42 Å². The van der Waals surface area contributed by atoms with Crippen LogP contribution in [0.5, 0.6) is 0 Å². The molecule has 10 rings (SSSR count).